The largest absolute Gasteiger partial charge is 0.493 e. The van der Waals surface area contributed by atoms with Gasteiger partial charge in [0.2, 0.25) is 5.78 Å². The van der Waals surface area contributed by atoms with Crippen LogP contribution in [0.4, 0.5) is 0 Å². The van der Waals surface area contributed by atoms with E-state index in [1.807, 2.05) is 13.8 Å². The van der Waals surface area contributed by atoms with E-state index in [0.717, 1.165) is 31.9 Å². The van der Waals surface area contributed by atoms with Gasteiger partial charge in [-0.15, -0.1) is 0 Å². The van der Waals surface area contributed by atoms with Crippen molar-refractivity contribution in [2.24, 2.45) is 5.10 Å². The van der Waals surface area contributed by atoms with Crippen molar-refractivity contribution in [3.63, 3.8) is 0 Å². The highest BCUT2D eigenvalue weighted by molar-refractivity contribution is 6.36. The Morgan fingerprint density at radius 1 is 1.10 bits per heavy atom. The van der Waals surface area contributed by atoms with E-state index < -0.39 is 17.2 Å². The highest BCUT2D eigenvalue weighted by Gasteiger charge is 2.14. The molecule has 1 N–H and O–H groups in total. The smallest absolute Gasteiger partial charge is 0.276 e. The predicted molar refractivity (Wildman–Crippen MR) is 117 cm³/mol. The number of ether oxygens (including phenoxy) is 1. The van der Waals surface area contributed by atoms with Crippen LogP contribution in [0.15, 0.2) is 52.5 Å². The number of nitrogens with zero attached hydrogens (tertiary/aromatic N) is 2. The summed E-state index contributed by atoms with van der Waals surface area (Å²) in [5.74, 6) is -0.578. The quantitative estimate of drug-likeness (QED) is 0.262. The number of carbonyl (C=O) groups excluding carboxylic acids is 2. The number of nitrogens with one attached hydrogen (secondary N) is 1. The highest BCUT2D eigenvalue weighted by atomic mass is 16.5. The second kappa shape index (κ2) is 11.7. The number of rotatable bonds is 11. The van der Waals surface area contributed by atoms with Gasteiger partial charge in [0.1, 0.15) is 11.3 Å². The molecule has 2 rings (SSSR count). The third-order valence-electron chi connectivity index (χ3n) is 4.53. The van der Waals surface area contributed by atoms with Crippen LogP contribution in [-0.4, -0.2) is 29.1 Å². The summed E-state index contributed by atoms with van der Waals surface area (Å²) >= 11 is 0. The summed E-state index contributed by atoms with van der Waals surface area (Å²) < 4.78 is 7.20. The van der Waals surface area contributed by atoms with Crippen LogP contribution >= 0.6 is 0 Å². The summed E-state index contributed by atoms with van der Waals surface area (Å²) in [5, 5.41) is 3.72. The van der Waals surface area contributed by atoms with Crippen LogP contribution in [-0.2, 0) is 0 Å². The first-order chi connectivity index (χ1) is 14.5. The van der Waals surface area contributed by atoms with Gasteiger partial charge < -0.3 is 9.30 Å². The van der Waals surface area contributed by atoms with Crippen molar-refractivity contribution in [3.05, 3.63) is 64.1 Å². The van der Waals surface area contributed by atoms with Crippen LogP contribution in [0.5, 0.6) is 5.75 Å². The van der Waals surface area contributed by atoms with Gasteiger partial charge in [0.15, 0.2) is 0 Å². The fraction of sp³-hybridized carbons (Fsp3) is 0.391. The highest BCUT2D eigenvalue weighted by Crippen LogP contribution is 2.18. The molecule has 0 bridgehead atoms. The predicted octanol–water partition coefficient (Wildman–Crippen LogP) is 3.99. The molecule has 0 radical (unpaired) electrons. The zero-order valence-electron chi connectivity index (χ0n) is 17.8. The average Bonchev–Trinajstić information content (AvgIpc) is 2.73. The SMILES string of the molecule is CCCCCCOc1ccccc1C(=O)/C=N\NC(=O)c1cccn(C(C)C)c1=O. The van der Waals surface area contributed by atoms with Crippen LogP contribution < -0.4 is 15.7 Å². The number of benzene rings is 1. The van der Waals surface area contributed by atoms with Crippen LogP contribution in [0.3, 0.4) is 0 Å². The third kappa shape index (κ3) is 6.40. The lowest BCUT2D eigenvalue weighted by Crippen LogP contribution is -2.31. The van der Waals surface area contributed by atoms with Crippen molar-refractivity contribution in [1.82, 2.24) is 9.99 Å². The molecule has 0 spiro atoms. The Labute approximate surface area is 176 Å². The van der Waals surface area contributed by atoms with Gasteiger partial charge in [-0.3, -0.25) is 14.4 Å². The Morgan fingerprint density at radius 3 is 2.57 bits per heavy atom. The molecule has 7 heteroatoms. The van der Waals surface area contributed by atoms with E-state index in [1.54, 1.807) is 36.5 Å². The lowest BCUT2D eigenvalue weighted by Gasteiger charge is -2.10. The molecule has 0 unspecified atom stereocenters. The lowest BCUT2D eigenvalue weighted by molar-refractivity contribution is 0.0953. The minimum atomic E-state index is -0.667. The number of unbranched alkanes of at least 4 members (excludes halogenated alkanes) is 3. The van der Waals surface area contributed by atoms with E-state index in [0.29, 0.717) is 17.9 Å². The number of hydrogen-bond donors (Lipinski definition) is 1. The summed E-state index contributed by atoms with van der Waals surface area (Å²) in [7, 11) is 0. The van der Waals surface area contributed by atoms with Gasteiger partial charge in [0, 0.05) is 12.2 Å². The number of aromatic nitrogens is 1. The molecule has 1 amide bonds. The van der Waals surface area contributed by atoms with Crippen molar-refractivity contribution in [3.8, 4) is 5.75 Å². The van der Waals surface area contributed by atoms with Gasteiger partial charge in [-0.1, -0.05) is 38.3 Å². The Balaban J connectivity index is 2.01. The zero-order chi connectivity index (χ0) is 21.9. The fourth-order valence-electron chi connectivity index (χ4n) is 2.88. The molecule has 1 aromatic heterocycles. The van der Waals surface area contributed by atoms with Gasteiger partial charge >= 0.3 is 0 Å². The van der Waals surface area contributed by atoms with E-state index in [-0.39, 0.29) is 11.6 Å². The number of carbonyl (C=O) groups is 2. The molecule has 0 aliphatic carbocycles. The van der Waals surface area contributed by atoms with Crippen molar-refractivity contribution in [2.45, 2.75) is 52.5 Å². The van der Waals surface area contributed by atoms with E-state index in [9.17, 15) is 14.4 Å². The van der Waals surface area contributed by atoms with Gasteiger partial charge in [0.25, 0.3) is 11.5 Å². The molecular weight excluding hydrogens is 382 g/mol. The number of pyridine rings is 1. The van der Waals surface area contributed by atoms with E-state index in [1.165, 1.54) is 10.6 Å². The van der Waals surface area contributed by atoms with Crippen LogP contribution in [0.25, 0.3) is 0 Å². The van der Waals surface area contributed by atoms with Gasteiger partial charge in [0.05, 0.1) is 18.4 Å². The van der Waals surface area contributed by atoms with E-state index in [4.69, 9.17) is 4.74 Å². The van der Waals surface area contributed by atoms with E-state index in [2.05, 4.69) is 17.5 Å². The molecule has 30 heavy (non-hydrogen) atoms. The normalized spacial score (nSPS) is 11.1. The molecule has 0 saturated heterocycles. The molecule has 160 valence electrons. The van der Waals surface area contributed by atoms with Gasteiger partial charge in [-0.2, -0.15) is 5.10 Å². The Bertz CT molecular complexity index is 947. The molecule has 0 atom stereocenters. The first-order valence-electron chi connectivity index (χ1n) is 10.3. The number of para-hydroxylation sites is 1. The average molecular weight is 412 g/mol. The minimum Gasteiger partial charge on any atom is -0.493 e. The van der Waals surface area contributed by atoms with Crippen molar-refractivity contribution >= 4 is 17.9 Å². The summed E-state index contributed by atoms with van der Waals surface area (Å²) in [5.41, 5.74) is 2.17. The summed E-state index contributed by atoms with van der Waals surface area (Å²) in [4.78, 5) is 37.1. The van der Waals surface area contributed by atoms with Crippen molar-refractivity contribution < 1.29 is 14.3 Å². The number of hydrogen-bond acceptors (Lipinski definition) is 5. The lowest BCUT2D eigenvalue weighted by atomic mass is 10.1. The molecule has 0 aliphatic heterocycles. The van der Waals surface area contributed by atoms with E-state index >= 15 is 0 Å². The molecule has 7 nitrogen and oxygen atoms in total. The molecule has 0 fully saturated rings. The molecule has 0 saturated carbocycles. The second-order valence-corrected chi connectivity index (χ2v) is 7.20. The summed E-state index contributed by atoms with van der Waals surface area (Å²) in [6, 6.07) is 9.89. The van der Waals surface area contributed by atoms with Crippen molar-refractivity contribution in [1.29, 1.82) is 0 Å². The molecular formula is C23H29N3O4. The maximum absolute atomic E-state index is 12.5. The summed E-state index contributed by atoms with van der Waals surface area (Å²) in [6.07, 6.45) is 6.94. The standard InChI is InChI=1S/C23H29N3O4/c1-4-5-6-9-15-30-21-13-8-7-11-18(21)20(27)16-24-25-22(28)19-12-10-14-26(17(2)3)23(19)29/h7-8,10-14,16-17H,4-6,9,15H2,1-3H3,(H,25,28)/b24-16-. The first kappa shape index (κ1) is 23.1. The molecule has 0 aliphatic rings. The van der Waals surface area contributed by atoms with Gasteiger partial charge in [-0.25, -0.2) is 5.43 Å². The third-order valence-corrected chi connectivity index (χ3v) is 4.53. The molecule has 1 aromatic carbocycles. The minimum absolute atomic E-state index is 0.0355. The molecule has 1 heterocycles. The number of amides is 1. The maximum Gasteiger partial charge on any atom is 0.276 e. The molecule has 2 aromatic rings. The van der Waals surface area contributed by atoms with Crippen LogP contribution in [0.2, 0.25) is 0 Å². The second-order valence-electron chi connectivity index (χ2n) is 7.20. The number of hydrazone groups is 1. The summed E-state index contributed by atoms with van der Waals surface area (Å²) in [6.45, 7) is 6.38. The number of ketones is 1. The Morgan fingerprint density at radius 2 is 1.83 bits per heavy atom. The van der Waals surface area contributed by atoms with Gasteiger partial charge in [-0.05, 0) is 44.5 Å². The Kier molecular flexibility index (Phi) is 9.00. The monoisotopic (exact) mass is 411 g/mol. The maximum atomic E-state index is 12.5. The van der Waals surface area contributed by atoms with Crippen LogP contribution in [0.1, 0.15) is 73.2 Å². The zero-order valence-corrected chi connectivity index (χ0v) is 17.8. The van der Waals surface area contributed by atoms with Crippen LogP contribution in [0, 0.1) is 0 Å². The Hall–Kier alpha value is -3.22. The van der Waals surface area contributed by atoms with Crippen molar-refractivity contribution in [2.75, 3.05) is 6.61 Å². The fourth-order valence-corrected chi connectivity index (χ4v) is 2.88. The number of Topliss-reactive ketones (excluding diaryl/α,β-unsaturated/α-hetero) is 1. The first-order valence-corrected chi connectivity index (χ1v) is 10.3. The topological polar surface area (TPSA) is 89.8 Å².